The molecule has 1 amide bonds. The van der Waals surface area contributed by atoms with Crippen LogP contribution in [0.4, 0.5) is 0 Å². The lowest BCUT2D eigenvalue weighted by Gasteiger charge is -2.25. The number of fused-ring (bicyclic) bond motifs is 1. The summed E-state index contributed by atoms with van der Waals surface area (Å²) in [6.07, 6.45) is 10.2. The first-order valence-corrected chi connectivity index (χ1v) is 13.7. The molecule has 202 valence electrons. The highest BCUT2D eigenvalue weighted by molar-refractivity contribution is 6.10. The Morgan fingerprint density at radius 1 is 1.05 bits per heavy atom. The molecule has 0 unspecified atom stereocenters. The van der Waals surface area contributed by atoms with Crippen molar-refractivity contribution in [3.05, 3.63) is 76.6 Å². The number of hydrogen-bond acceptors (Lipinski definition) is 4. The smallest absolute Gasteiger partial charge is 0.323 e. The molecule has 1 aliphatic carbocycles. The Kier molecular flexibility index (Phi) is 8.36. The number of nitrogens with two attached hydrogens (primary N) is 1. The molecule has 3 aromatic rings. The molecule has 0 atom stereocenters. The van der Waals surface area contributed by atoms with E-state index in [0.29, 0.717) is 23.2 Å². The van der Waals surface area contributed by atoms with Crippen LogP contribution in [0.15, 0.2) is 48.7 Å². The van der Waals surface area contributed by atoms with E-state index in [2.05, 4.69) is 0 Å². The van der Waals surface area contributed by atoms with Gasteiger partial charge in [-0.1, -0.05) is 44.0 Å². The molecule has 0 radical (unpaired) electrons. The molecule has 0 bridgehead atoms. The molecule has 1 saturated carbocycles. The zero-order valence-corrected chi connectivity index (χ0v) is 22.7. The van der Waals surface area contributed by atoms with Crippen LogP contribution in [0.3, 0.4) is 0 Å². The van der Waals surface area contributed by atoms with Gasteiger partial charge in [-0.25, -0.2) is 0 Å². The maximum absolute atomic E-state index is 13.6. The molecule has 3 N–H and O–H groups in total. The van der Waals surface area contributed by atoms with Gasteiger partial charge in [-0.15, -0.1) is 0 Å². The predicted octanol–water partition coefficient (Wildman–Crippen LogP) is 5.26. The van der Waals surface area contributed by atoms with Crippen molar-refractivity contribution in [3.8, 4) is 0 Å². The van der Waals surface area contributed by atoms with Crippen LogP contribution in [-0.2, 0) is 17.6 Å². The topological polar surface area (TPSA) is 105 Å². The van der Waals surface area contributed by atoms with Gasteiger partial charge < -0.3 is 20.1 Å². The molecule has 0 spiro atoms. The van der Waals surface area contributed by atoms with E-state index in [1.807, 2.05) is 41.7 Å². The number of aromatic nitrogens is 1. The highest BCUT2D eigenvalue weighted by atomic mass is 16.4. The van der Waals surface area contributed by atoms with Gasteiger partial charge in [0.05, 0.1) is 5.69 Å². The number of benzene rings is 1. The molecule has 4 rings (SSSR count). The van der Waals surface area contributed by atoms with Crippen molar-refractivity contribution in [3.63, 3.8) is 0 Å². The molecular weight excluding hydrogens is 478 g/mol. The van der Waals surface area contributed by atoms with Gasteiger partial charge in [-0.2, -0.15) is 0 Å². The van der Waals surface area contributed by atoms with Crippen LogP contribution in [-0.4, -0.2) is 50.2 Å². The Balaban J connectivity index is 1.53. The van der Waals surface area contributed by atoms with Crippen LogP contribution in [0.2, 0.25) is 0 Å². The van der Waals surface area contributed by atoms with Crippen LogP contribution >= 0.6 is 0 Å². The first-order valence-electron chi connectivity index (χ1n) is 13.7. The number of carboxylic acid groups (broad SMARTS) is 1. The van der Waals surface area contributed by atoms with Gasteiger partial charge in [0.1, 0.15) is 6.54 Å². The Hall–Kier alpha value is -3.45. The van der Waals surface area contributed by atoms with Crippen molar-refractivity contribution in [2.24, 2.45) is 5.73 Å². The molecule has 2 heterocycles. The minimum absolute atomic E-state index is 0.0102. The number of rotatable bonds is 11. The third-order valence-corrected chi connectivity index (χ3v) is 7.84. The number of carboxylic acids is 1. The summed E-state index contributed by atoms with van der Waals surface area (Å²) in [6, 6.07) is 12.9. The van der Waals surface area contributed by atoms with Gasteiger partial charge in [0.15, 0.2) is 0 Å². The normalized spacial score (nSPS) is 14.8. The number of ketones is 1. The van der Waals surface area contributed by atoms with E-state index in [9.17, 15) is 19.5 Å². The fourth-order valence-corrected chi connectivity index (χ4v) is 5.63. The highest BCUT2D eigenvalue weighted by Crippen LogP contribution is 2.31. The summed E-state index contributed by atoms with van der Waals surface area (Å²) in [5.41, 5.74) is 11.0. The van der Waals surface area contributed by atoms with Gasteiger partial charge in [0, 0.05) is 34.4 Å². The number of amides is 1. The number of carbonyl (C=O) groups excluding carboxylic acids is 2. The van der Waals surface area contributed by atoms with Crippen LogP contribution in [0.25, 0.3) is 5.52 Å². The predicted molar refractivity (Wildman–Crippen MR) is 149 cm³/mol. The molecule has 7 nitrogen and oxygen atoms in total. The molecule has 2 aromatic heterocycles. The van der Waals surface area contributed by atoms with E-state index in [1.54, 1.807) is 32.2 Å². The largest absolute Gasteiger partial charge is 0.480 e. The van der Waals surface area contributed by atoms with Gasteiger partial charge in [0.2, 0.25) is 5.78 Å². The summed E-state index contributed by atoms with van der Waals surface area (Å²) in [4.78, 5) is 39.2. The van der Waals surface area contributed by atoms with Crippen LogP contribution in [0.1, 0.15) is 96.8 Å². The van der Waals surface area contributed by atoms with Crippen LogP contribution < -0.4 is 5.73 Å². The zero-order valence-electron chi connectivity index (χ0n) is 22.7. The number of nitrogens with zero attached hydrogens (tertiary/aromatic N) is 2. The monoisotopic (exact) mass is 517 g/mol. The van der Waals surface area contributed by atoms with E-state index in [1.165, 1.54) is 23.3 Å². The Morgan fingerprint density at radius 2 is 1.74 bits per heavy atom. The van der Waals surface area contributed by atoms with Crippen molar-refractivity contribution in [2.45, 2.75) is 83.7 Å². The molecule has 0 saturated heterocycles. The highest BCUT2D eigenvalue weighted by Gasteiger charge is 2.28. The van der Waals surface area contributed by atoms with E-state index in [0.717, 1.165) is 43.2 Å². The number of hydrogen-bond donors (Lipinski definition) is 2. The van der Waals surface area contributed by atoms with Gasteiger partial charge >= 0.3 is 5.97 Å². The zero-order chi connectivity index (χ0) is 27.4. The standard InChI is InChI=1S/C31H39N3O4/c1-4-23-18-26-19-25(30(38)34(21(2)3)20-27(35)36)13-17-33(26)28(23)29(37)24-11-9-22(10-12-24)8-7-16-31(32)14-5-6-15-31/h9-13,17-19,21H,4-8,14-16,20,32H2,1-3H3,(H,35,36). The molecule has 7 heteroatoms. The van der Waals surface area contributed by atoms with Crippen molar-refractivity contribution < 1.29 is 19.5 Å². The lowest BCUT2D eigenvalue weighted by Crippen LogP contribution is -2.40. The minimum atomic E-state index is -1.06. The quantitative estimate of drug-likeness (QED) is 0.338. The number of pyridine rings is 1. The second-order valence-electron chi connectivity index (χ2n) is 11.0. The number of carbonyl (C=O) groups is 3. The average molecular weight is 518 g/mol. The molecule has 1 fully saturated rings. The Labute approximate surface area is 224 Å². The third-order valence-electron chi connectivity index (χ3n) is 7.84. The van der Waals surface area contributed by atoms with E-state index in [-0.39, 0.29) is 29.8 Å². The Morgan fingerprint density at radius 3 is 2.34 bits per heavy atom. The molecule has 0 aliphatic heterocycles. The summed E-state index contributed by atoms with van der Waals surface area (Å²) in [7, 11) is 0. The number of aryl methyl sites for hydroxylation is 2. The lowest BCUT2D eigenvalue weighted by molar-refractivity contribution is -0.138. The SMILES string of the molecule is CCc1cc2cc(C(=O)N(CC(=O)O)C(C)C)ccn2c1C(=O)c1ccc(CCCC2(N)CCCC2)cc1. The van der Waals surface area contributed by atoms with Crippen LogP contribution in [0, 0.1) is 0 Å². The van der Waals surface area contributed by atoms with Gasteiger partial charge in [-0.3, -0.25) is 14.4 Å². The second-order valence-corrected chi connectivity index (χ2v) is 11.0. The maximum Gasteiger partial charge on any atom is 0.323 e. The van der Waals surface area contributed by atoms with Gasteiger partial charge in [-0.05, 0) is 81.7 Å². The van der Waals surface area contributed by atoms with Crippen molar-refractivity contribution in [1.82, 2.24) is 9.30 Å². The fraction of sp³-hybridized carbons (Fsp3) is 0.452. The maximum atomic E-state index is 13.6. The third kappa shape index (κ3) is 5.99. The first-order chi connectivity index (χ1) is 18.1. The summed E-state index contributed by atoms with van der Waals surface area (Å²) in [5.74, 6) is -1.46. The van der Waals surface area contributed by atoms with Crippen LogP contribution in [0.5, 0.6) is 0 Å². The molecular formula is C31H39N3O4. The van der Waals surface area contributed by atoms with Crippen molar-refractivity contribution >= 4 is 23.2 Å². The second kappa shape index (κ2) is 11.5. The molecule has 1 aliphatic rings. The van der Waals surface area contributed by atoms with Crippen molar-refractivity contribution in [1.29, 1.82) is 0 Å². The summed E-state index contributed by atoms with van der Waals surface area (Å²) in [6.45, 7) is 5.22. The van der Waals surface area contributed by atoms with E-state index < -0.39 is 5.97 Å². The Bertz CT molecular complexity index is 1320. The summed E-state index contributed by atoms with van der Waals surface area (Å²) in [5, 5.41) is 9.22. The van der Waals surface area contributed by atoms with Gasteiger partial charge in [0.25, 0.3) is 5.91 Å². The number of aliphatic carboxylic acids is 1. The summed E-state index contributed by atoms with van der Waals surface area (Å²) < 4.78 is 1.82. The minimum Gasteiger partial charge on any atom is -0.480 e. The van der Waals surface area contributed by atoms with Crippen molar-refractivity contribution in [2.75, 3.05) is 6.54 Å². The fourth-order valence-electron chi connectivity index (χ4n) is 5.63. The van der Waals surface area contributed by atoms with E-state index >= 15 is 0 Å². The van der Waals surface area contributed by atoms with E-state index in [4.69, 9.17) is 5.73 Å². The molecule has 38 heavy (non-hydrogen) atoms. The molecule has 1 aromatic carbocycles. The lowest BCUT2D eigenvalue weighted by atomic mass is 9.91. The summed E-state index contributed by atoms with van der Waals surface area (Å²) >= 11 is 0. The first kappa shape index (κ1) is 27.6. The average Bonchev–Trinajstić information content (AvgIpc) is 3.49.